The maximum absolute atomic E-state index is 12.5. The molecule has 6 heteroatoms. The highest BCUT2D eigenvalue weighted by molar-refractivity contribution is 9.10. The van der Waals surface area contributed by atoms with E-state index in [9.17, 15) is 13.2 Å². The first-order valence-electron chi connectivity index (χ1n) is 5.72. The second-order valence-corrected chi connectivity index (χ2v) is 5.06. The summed E-state index contributed by atoms with van der Waals surface area (Å²) in [5, 5.41) is 0. The van der Waals surface area contributed by atoms with Gasteiger partial charge in [0.05, 0.1) is 0 Å². The van der Waals surface area contributed by atoms with Crippen molar-refractivity contribution in [3.63, 3.8) is 0 Å². The predicted octanol–water partition coefficient (Wildman–Crippen LogP) is 4.80. The van der Waals surface area contributed by atoms with Crippen molar-refractivity contribution >= 4 is 15.9 Å². The maximum Gasteiger partial charge on any atom is 0.407 e. The molecular weight excluding hydrogens is 335 g/mol. The molecule has 0 unspecified atom stereocenters. The molecule has 2 nitrogen and oxygen atoms in total. The van der Waals surface area contributed by atoms with Gasteiger partial charge in [-0.3, -0.25) is 0 Å². The largest absolute Gasteiger partial charge is 0.457 e. The second-order valence-electron chi connectivity index (χ2n) is 4.14. The fourth-order valence-electron chi connectivity index (χ4n) is 1.57. The molecule has 2 aromatic rings. The van der Waals surface area contributed by atoms with E-state index in [0.29, 0.717) is 11.5 Å². The Hall–Kier alpha value is -1.53. The lowest BCUT2D eigenvalue weighted by atomic mass is 10.1. The highest BCUT2D eigenvalue weighted by Gasteiger charge is 2.37. The molecule has 2 aromatic carbocycles. The SMILES string of the molecule is N[C@@H](c1ccc(Oc2ccc(Br)cc2)cc1)C(F)(F)F. The molecule has 2 N–H and O–H groups in total. The average Bonchev–Trinajstić information content (AvgIpc) is 2.40. The fourth-order valence-corrected chi connectivity index (χ4v) is 1.84. The Bertz CT molecular complexity index is 566. The van der Waals surface area contributed by atoms with Gasteiger partial charge in [0, 0.05) is 4.47 Å². The monoisotopic (exact) mass is 345 g/mol. The van der Waals surface area contributed by atoms with Crippen LogP contribution in [0.4, 0.5) is 13.2 Å². The van der Waals surface area contributed by atoms with Crippen molar-refractivity contribution in [2.75, 3.05) is 0 Å². The van der Waals surface area contributed by atoms with Crippen molar-refractivity contribution in [2.24, 2.45) is 5.73 Å². The first kappa shape index (κ1) is 14.9. The van der Waals surface area contributed by atoms with Gasteiger partial charge in [-0.2, -0.15) is 13.2 Å². The zero-order valence-electron chi connectivity index (χ0n) is 10.2. The Labute approximate surface area is 122 Å². The van der Waals surface area contributed by atoms with E-state index in [2.05, 4.69) is 15.9 Å². The van der Waals surface area contributed by atoms with E-state index in [1.54, 1.807) is 12.1 Å². The van der Waals surface area contributed by atoms with Crippen LogP contribution in [0.5, 0.6) is 11.5 Å². The maximum atomic E-state index is 12.5. The Morgan fingerprint density at radius 1 is 0.900 bits per heavy atom. The summed E-state index contributed by atoms with van der Waals surface area (Å²) in [5.74, 6) is 1.05. The molecule has 2 rings (SSSR count). The van der Waals surface area contributed by atoms with Crippen molar-refractivity contribution in [3.05, 3.63) is 58.6 Å². The lowest BCUT2D eigenvalue weighted by Crippen LogP contribution is -2.28. The molecular formula is C14H11BrF3NO. The van der Waals surface area contributed by atoms with Crippen molar-refractivity contribution in [1.29, 1.82) is 0 Å². The van der Waals surface area contributed by atoms with Gasteiger partial charge in [-0.05, 0) is 42.0 Å². The smallest absolute Gasteiger partial charge is 0.407 e. The van der Waals surface area contributed by atoms with Gasteiger partial charge in [0.15, 0.2) is 0 Å². The summed E-state index contributed by atoms with van der Waals surface area (Å²) in [5.41, 5.74) is 5.12. The number of hydrogen-bond donors (Lipinski definition) is 1. The summed E-state index contributed by atoms with van der Waals surface area (Å²) in [4.78, 5) is 0. The fraction of sp³-hybridized carbons (Fsp3) is 0.143. The van der Waals surface area contributed by atoms with E-state index < -0.39 is 12.2 Å². The van der Waals surface area contributed by atoms with Crippen LogP contribution in [0, 0.1) is 0 Å². The minimum absolute atomic E-state index is 0.000608. The van der Waals surface area contributed by atoms with Gasteiger partial charge in [-0.1, -0.05) is 28.1 Å². The van der Waals surface area contributed by atoms with Gasteiger partial charge in [0.1, 0.15) is 17.5 Å². The van der Waals surface area contributed by atoms with Crippen LogP contribution >= 0.6 is 15.9 Å². The topological polar surface area (TPSA) is 35.2 Å². The minimum atomic E-state index is -4.45. The lowest BCUT2D eigenvalue weighted by molar-refractivity contribution is -0.149. The highest BCUT2D eigenvalue weighted by atomic mass is 79.9. The molecule has 0 heterocycles. The molecule has 0 amide bonds. The molecule has 0 aromatic heterocycles. The first-order chi connectivity index (χ1) is 9.36. The molecule has 1 atom stereocenters. The predicted molar refractivity (Wildman–Crippen MR) is 73.6 cm³/mol. The summed E-state index contributed by atoms with van der Waals surface area (Å²) in [6, 6.07) is 10.7. The molecule has 0 saturated carbocycles. The van der Waals surface area contributed by atoms with E-state index in [1.165, 1.54) is 24.3 Å². The molecule has 0 radical (unpaired) electrons. The zero-order chi connectivity index (χ0) is 14.8. The number of nitrogens with two attached hydrogens (primary N) is 1. The Morgan fingerprint density at radius 2 is 1.35 bits per heavy atom. The van der Waals surface area contributed by atoms with Crippen LogP contribution in [0.1, 0.15) is 11.6 Å². The Balaban J connectivity index is 2.10. The van der Waals surface area contributed by atoms with Gasteiger partial charge >= 0.3 is 6.18 Å². The van der Waals surface area contributed by atoms with Crippen molar-refractivity contribution in [3.8, 4) is 11.5 Å². The van der Waals surface area contributed by atoms with Gasteiger partial charge in [-0.25, -0.2) is 0 Å². The number of rotatable bonds is 3. The third-order valence-electron chi connectivity index (χ3n) is 2.64. The van der Waals surface area contributed by atoms with Gasteiger partial charge in [0.25, 0.3) is 0 Å². The third kappa shape index (κ3) is 3.74. The van der Waals surface area contributed by atoms with E-state index in [-0.39, 0.29) is 5.56 Å². The molecule has 0 bridgehead atoms. The van der Waals surface area contributed by atoms with Crippen LogP contribution in [-0.2, 0) is 0 Å². The van der Waals surface area contributed by atoms with Gasteiger partial charge in [0.2, 0.25) is 0 Å². The van der Waals surface area contributed by atoms with E-state index in [1.807, 2.05) is 12.1 Å². The van der Waals surface area contributed by atoms with Crippen LogP contribution in [-0.4, -0.2) is 6.18 Å². The quantitative estimate of drug-likeness (QED) is 0.866. The lowest BCUT2D eigenvalue weighted by Gasteiger charge is -2.16. The van der Waals surface area contributed by atoms with Crippen LogP contribution in [0.2, 0.25) is 0 Å². The molecule has 0 aliphatic heterocycles. The molecule has 0 saturated heterocycles. The summed E-state index contributed by atoms with van der Waals surface area (Å²) in [7, 11) is 0. The molecule has 0 aliphatic carbocycles. The summed E-state index contributed by atoms with van der Waals surface area (Å²) in [6.07, 6.45) is -4.45. The van der Waals surface area contributed by atoms with Crippen molar-refractivity contribution in [1.82, 2.24) is 0 Å². The number of halogens is 4. The molecule has 0 fully saturated rings. The minimum Gasteiger partial charge on any atom is -0.457 e. The Morgan fingerprint density at radius 3 is 1.80 bits per heavy atom. The Kier molecular flexibility index (Phi) is 4.35. The van der Waals surface area contributed by atoms with Crippen molar-refractivity contribution in [2.45, 2.75) is 12.2 Å². The van der Waals surface area contributed by atoms with E-state index in [0.717, 1.165) is 4.47 Å². The average molecular weight is 346 g/mol. The highest BCUT2D eigenvalue weighted by Crippen LogP contribution is 2.32. The molecule has 0 spiro atoms. The number of hydrogen-bond acceptors (Lipinski definition) is 2. The molecule has 0 aliphatic rings. The van der Waals surface area contributed by atoms with Gasteiger partial charge in [-0.15, -0.1) is 0 Å². The van der Waals surface area contributed by atoms with E-state index >= 15 is 0 Å². The normalized spacial score (nSPS) is 13.1. The number of ether oxygens (including phenoxy) is 1. The van der Waals surface area contributed by atoms with Crippen LogP contribution in [0.15, 0.2) is 53.0 Å². The summed E-state index contributed by atoms with van der Waals surface area (Å²) < 4.78 is 43.8. The van der Waals surface area contributed by atoms with Gasteiger partial charge < -0.3 is 10.5 Å². The summed E-state index contributed by atoms with van der Waals surface area (Å²) >= 11 is 3.30. The standard InChI is InChI=1S/C14H11BrF3NO/c15-10-3-7-12(8-4-10)20-11-5-1-9(2-6-11)13(19)14(16,17)18/h1-8,13H,19H2/t13-/m0/s1. The van der Waals surface area contributed by atoms with Crippen LogP contribution < -0.4 is 10.5 Å². The zero-order valence-corrected chi connectivity index (χ0v) is 11.8. The van der Waals surface area contributed by atoms with Crippen molar-refractivity contribution < 1.29 is 17.9 Å². The first-order valence-corrected chi connectivity index (χ1v) is 6.51. The van der Waals surface area contributed by atoms with Crippen LogP contribution in [0.25, 0.3) is 0 Å². The number of alkyl halides is 3. The second kappa shape index (κ2) is 5.85. The third-order valence-corrected chi connectivity index (χ3v) is 3.17. The molecule has 20 heavy (non-hydrogen) atoms. The number of benzene rings is 2. The summed E-state index contributed by atoms with van der Waals surface area (Å²) in [6.45, 7) is 0. The van der Waals surface area contributed by atoms with E-state index in [4.69, 9.17) is 10.5 Å². The molecule has 106 valence electrons. The van der Waals surface area contributed by atoms with Crippen LogP contribution in [0.3, 0.4) is 0 Å².